The maximum absolute atomic E-state index is 5.82. The summed E-state index contributed by atoms with van der Waals surface area (Å²) in [4.78, 5) is 6.94. The third-order valence-corrected chi connectivity index (χ3v) is 4.33. The van der Waals surface area contributed by atoms with Crippen molar-refractivity contribution < 1.29 is 0 Å². The average molecular weight is 231 g/mol. The second-order valence-corrected chi connectivity index (χ2v) is 5.59. The lowest BCUT2D eigenvalue weighted by Gasteiger charge is -2.19. The molecule has 3 rings (SSSR count). The highest BCUT2D eigenvalue weighted by atomic mass is 15.2. The number of hydrogen-bond acceptors (Lipinski definition) is 3. The van der Waals surface area contributed by atoms with Crippen LogP contribution in [0.4, 0.5) is 5.69 Å². The summed E-state index contributed by atoms with van der Waals surface area (Å²) >= 11 is 0. The van der Waals surface area contributed by atoms with Crippen molar-refractivity contribution >= 4 is 5.69 Å². The second kappa shape index (κ2) is 4.30. The number of hydrogen-bond donors (Lipinski definition) is 1. The molecule has 2 aliphatic rings. The van der Waals surface area contributed by atoms with E-state index in [9.17, 15) is 0 Å². The van der Waals surface area contributed by atoms with E-state index in [0.717, 1.165) is 17.5 Å². The number of aromatic nitrogens is 1. The van der Waals surface area contributed by atoms with Crippen LogP contribution in [0.5, 0.6) is 0 Å². The van der Waals surface area contributed by atoms with E-state index in [1.807, 2.05) is 13.1 Å². The monoisotopic (exact) mass is 231 g/mol. The fraction of sp³-hybridized carbons (Fsp3) is 0.643. The molecular weight excluding hydrogens is 210 g/mol. The summed E-state index contributed by atoms with van der Waals surface area (Å²) in [5.74, 6) is 1.87. The fourth-order valence-electron chi connectivity index (χ4n) is 3.30. The van der Waals surface area contributed by atoms with Gasteiger partial charge in [0.05, 0.1) is 17.6 Å². The summed E-state index contributed by atoms with van der Waals surface area (Å²) in [5, 5.41) is 0. The molecular formula is C14H21N3. The number of rotatable bonds is 2. The van der Waals surface area contributed by atoms with E-state index in [1.54, 1.807) is 0 Å². The molecule has 1 aromatic heterocycles. The molecule has 0 amide bonds. The Balaban J connectivity index is 1.73. The lowest BCUT2D eigenvalue weighted by atomic mass is 10.0. The zero-order chi connectivity index (χ0) is 11.8. The van der Waals surface area contributed by atoms with Crippen LogP contribution in [0.25, 0.3) is 0 Å². The first-order chi connectivity index (χ1) is 8.24. The summed E-state index contributed by atoms with van der Waals surface area (Å²) < 4.78 is 0. The molecule has 92 valence electrons. The van der Waals surface area contributed by atoms with Crippen LogP contribution in [0, 0.1) is 11.8 Å². The lowest BCUT2D eigenvalue weighted by molar-refractivity contribution is 0.494. The molecule has 3 atom stereocenters. The van der Waals surface area contributed by atoms with Gasteiger partial charge < -0.3 is 10.6 Å². The van der Waals surface area contributed by atoms with E-state index < -0.39 is 0 Å². The van der Waals surface area contributed by atoms with Gasteiger partial charge in [-0.3, -0.25) is 4.98 Å². The Bertz CT molecular complexity index is 373. The number of anilines is 1. The van der Waals surface area contributed by atoms with Crippen LogP contribution in [0.15, 0.2) is 18.3 Å². The van der Waals surface area contributed by atoms with Gasteiger partial charge in [-0.2, -0.15) is 0 Å². The highest BCUT2D eigenvalue weighted by Crippen LogP contribution is 2.39. The van der Waals surface area contributed by atoms with E-state index >= 15 is 0 Å². The SMILES string of the molecule is C[C@H](N)c1ccc(N2CC3CCCC3C2)cn1. The van der Waals surface area contributed by atoms with E-state index in [4.69, 9.17) is 5.73 Å². The maximum Gasteiger partial charge on any atom is 0.0569 e. The predicted octanol–water partition coefficient (Wildman–Crippen LogP) is 2.34. The standard InChI is InChI=1S/C14H21N3/c1-10(15)14-6-5-13(7-16-14)17-8-11-3-2-4-12(11)9-17/h5-7,10-12H,2-4,8-9,15H2,1H3/t10-,11?,12?/m0/s1. The third kappa shape index (κ3) is 2.04. The largest absolute Gasteiger partial charge is 0.370 e. The van der Waals surface area contributed by atoms with Crippen LogP contribution >= 0.6 is 0 Å². The lowest BCUT2D eigenvalue weighted by Crippen LogP contribution is -2.21. The first-order valence-electron chi connectivity index (χ1n) is 6.70. The summed E-state index contributed by atoms with van der Waals surface area (Å²) in [6, 6.07) is 4.27. The van der Waals surface area contributed by atoms with Gasteiger partial charge in [0, 0.05) is 19.1 Å². The highest BCUT2D eigenvalue weighted by Gasteiger charge is 2.36. The molecule has 0 spiro atoms. The first-order valence-corrected chi connectivity index (χ1v) is 6.70. The molecule has 0 radical (unpaired) electrons. The van der Waals surface area contributed by atoms with Gasteiger partial charge >= 0.3 is 0 Å². The Morgan fingerprint density at radius 1 is 1.29 bits per heavy atom. The summed E-state index contributed by atoms with van der Waals surface area (Å²) in [6.45, 7) is 4.43. The highest BCUT2D eigenvalue weighted by molar-refractivity contribution is 5.46. The minimum Gasteiger partial charge on any atom is -0.370 e. The zero-order valence-corrected chi connectivity index (χ0v) is 10.5. The molecule has 1 aromatic rings. The van der Waals surface area contributed by atoms with Gasteiger partial charge in [-0.1, -0.05) is 6.42 Å². The molecule has 1 saturated carbocycles. The molecule has 1 aliphatic heterocycles. The van der Waals surface area contributed by atoms with Crippen LogP contribution in [0.2, 0.25) is 0 Å². The number of fused-ring (bicyclic) bond motifs is 1. The van der Waals surface area contributed by atoms with E-state index in [-0.39, 0.29) is 6.04 Å². The Kier molecular flexibility index (Phi) is 2.79. The second-order valence-electron chi connectivity index (χ2n) is 5.59. The normalized spacial score (nSPS) is 29.4. The predicted molar refractivity (Wildman–Crippen MR) is 69.9 cm³/mol. The van der Waals surface area contributed by atoms with Gasteiger partial charge in [0.1, 0.15) is 0 Å². The Morgan fingerprint density at radius 3 is 2.53 bits per heavy atom. The van der Waals surface area contributed by atoms with Gasteiger partial charge in [0.25, 0.3) is 0 Å². The van der Waals surface area contributed by atoms with Crippen molar-refractivity contribution in [3.8, 4) is 0 Å². The van der Waals surface area contributed by atoms with Crippen molar-refractivity contribution in [2.45, 2.75) is 32.2 Å². The van der Waals surface area contributed by atoms with Gasteiger partial charge in [0.15, 0.2) is 0 Å². The Hall–Kier alpha value is -1.09. The van der Waals surface area contributed by atoms with Gasteiger partial charge in [-0.05, 0) is 43.7 Å². The van der Waals surface area contributed by atoms with Gasteiger partial charge in [-0.25, -0.2) is 0 Å². The first kappa shape index (κ1) is 11.0. The van der Waals surface area contributed by atoms with E-state index in [1.165, 1.54) is 38.0 Å². The van der Waals surface area contributed by atoms with Crippen LogP contribution in [0.1, 0.15) is 37.9 Å². The minimum atomic E-state index is 0.0296. The van der Waals surface area contributed by atoms with Crippen molar-refractivity contribution in [2.75, 3.05) is 18.0 Å². The van der Waals surface area contributed by atoms with Crippen LogP contribution in [-0.2, 0) is 0 Å². The zero-order valence-electron chi connectivity index (χ0n) is 10.5. The molecule has 2 N–H and O–H groups in total. The molecule has 0 aromatic carbocycles. The number of nitrogens with two attached hydrogens (primary N) is 1. The van der Waals surface area contributed by atoms with Crippen molar-refractivity contribution in [3.05, 3.63) is 24.0 Å². The quantitative estimate of drug-likeness (QED) is 0.849. The van der Waals surface area contributed by atoms with Gasteiger partial charge in [-0.15, -0.1) is 0 Å². The molecule has 1 saturated heterocycles. The van der Waals surface area contributed by atoms with E-state index in [0.29, 0.717) is 0 Å². The molecule has 3 nitrogen and oxygen atoms in total. The van der Waals surface area contributed by atoms with Crippen molar-refractivity contribution in [1.82, 2.24) is 4.98 Å². The number of nitrogens with zero attached hydrogens (tertiary/aromatic N) is 2. The molecule has 2 unspecified atom stereocenters. The van der Waals surface area contributed by atoms with Crippen LogP contribution < -0.4 is 10.6 Å². The maximum atomic E-state index is 5.82. The summed E-state index contributed by atoms with van der Waals surface area (Å²) in [5.41, 5.74) is 8.06. The van der Waals surface area contributed by atoms with Crippen molar-refractivity contribution in [2.24, 2.45) is 17.6 Å². The number of pyridine rings is 1. The topological polar surface area (TPSA) is 42.1 Å². The van der Waals surface area contributed by atoms with Crippen molar-refractivity contribution in [1.29, 1.82) is 0 Å². The summed E-state index contributed by atoms with van der Waals surface area (Å²) in [7, 11) is 0. The minimum absolute atomic E-state index is 0.0296. The van der Waals surface area contributed by atoms with E-state index in [2.05, 4.69) is 22.0 Å². The van der Waals surface area contributed by atoms with Crippen LogP contribution in [-0.4, -0.2) is 18.1 Å². The third-order valence-electron chi connectivity index (χ3n) is 4.33. The van der Waals surface area contributed by atoms with Gasteiger partial charge in [0.2, 0.25) is 0 Å². The molecule has 3 heteroatoms. The summed E-state index contributed by atoms with van der Waals surface area (Å²) in [6.07, 6.45) is 6.27. The van der Waals surface area contributed by atoms with Crippen LogP contribution in [0.3, 0.4) is 0 Å². The molecule has 2 fully saturated rings. The molecule has 1 aliphatic carbocycles. The molecule has 2 heterocycles. The fourth-order valence-corrected chi connectivity index (χ4v) is 3.30. The Morgan fingerprint density at radius 2 is 2.00 bits per heavy atom. The smallest absolute Gasteiger partial charge is 0.0569 e. The molecule has 0 bridgehead atoms. The average Bonchev–Trinajstić information content (AvgIpc) is 2.89. The molecule has 17 heavy (non-hydrogen) atoms. The Labute approximate surface area is 103 Å². The van der Waals surface area contributed by atoms with Crippen molar-refractivity contribution in [3.63, 3.8) is 0 Å².